The molecule has 2 atom stereocenters. The molecule has 15 nitrogen and oxygen atoms in total. The zero-order chi connectivity index (χ0) is 38.4. The van der Waals surface area contributed by atoms with Crippen LogP contribution in [0.25, 0.3) is 9.69 Å². The molecule has 1 aliphatic heterocycles. The Morgan fingerprint density at radius 3 is 1.67 bits per heavy atom. The molecule has 0 aromatic heterocycles. The Morgan fingerprint density at radius 1 is 1.00 bits per heavy atom. The number of nitrogens with one attached hydrogen (secondary N) is 2. The van der Waals surface area contributed by atoms with E-state index < -0.39 is 74.6 Å². The van der Waals surface area contributed by atoms with Crippen molar-refractivity contribution in [2.24, 2.45) is 0 Å². The van der Waals surface area contributed by atoms with E-state index in [-0.39, 0.29) is 129 Å². The number of amides is 2. The maximum atomic E-state index is 12.8. The van der Waals surface area contributed by atoms with Crippen LogP contribution in [-0.2, 0) is 50.7 Å². The number of carbonyl (C=O) groups excluding carboxylic acids is 3. The van der Waals surface area contributed by atoms with Crippen LogP contribution in [0.15, 0.2) is 36.4 Å². The van der Waals surface area contributed by atoms with E-state index in [0.717, 1.165) is 38.3 Å². The van der Waals surface area contributed by atoms with Crippen molar-refractivity contribution in [3.8, 4) is 0 Å². The number of carbonyl (C=O) groups is 3. The van der Waals surface area contributed by atoms with Gasteiger partial charge in [0.25, 0.3) is 28.4 Å². The van der Waals surface area contributed by atoms with Gasteiger partial charge in [0.15, 0.2) is 22.6 Å². The van der Waals surface area contributed by atoms with Crippen LogP contribution in [-0.4, -0.2) is 74.7 Å². The Hall–Kier alpha value is -1.57. The molecule has 272 valence electrons. The fourth-order valence-corrected chi connectivity index (χ4v) is 3.38. The number of ether oxygens (including phenoxy) is 1. The smallest absolute Gasteiger partial charge is 1.00 e. The van der Waals surface area contributed by atoms with Gasteiger partial charge in [-0.05, 0) is 38.1 Å². The van der Waals surface area contributed by atoms with Gasteiger partial charge in [-0.15, -0.1) is 0 Å². The van der Waals surface area contributed by atoms with Crippen molar-refractivity contribution in [1.82, 2.24) is 0 Å². The van der Waals surface area contributed by atoms with Gasteiger partial charge >= 0.3 is 115 Å². The standard InChI is InChI=1S/C13H13F3N2O5S.C12H9F3N2O2.CH2O3.CH4O.2K.H/c1-12(20,7-23-24(3,21)22)11(19)18-8-4-5-10(17-2)9(6-8)13(14,15)16;1-11(6-19-11)10(18)17-7-3-4-9(16-2)8(5-7)12(13,14)15;2-1-4-3;1-2;;;/h4-6,20H,7H2,1,3H3,(H,18,19);3-5H,6H2,1H3,(H,17,18);1,3H;2H,1H3;;;/q;;;;2*+1;-1/p-1. The van der Waals surface area contributed by atoms with Crippen molar-refractivity contribution >= 4 is 51.2 Å². The molecule has 1 heterocycles. The van der Waals surface area contributed by atoms with Crippen LogP contribution in [0.3, 0.4) is 0 Å². The van der Waals surface area contributed by atoms with E-state index in [1.54, 1.807) is 6.92 Å². The molecule has 1 saturated heterocycles. The number of epoxide rings is 1. The summed E-state index contributed by atoms with van der Waals surface area (Å²) in [6.45, 7) is 15.0. The first-order chi connectivity index (χ1) is 22.4. The van der Waals surface area contributed by atoms with E-state index in [1.165, 1.54) is 6.07 Å². The van der Waals surface area contributed by atoms with E-state index in [2.05, 4.69) is 24.1 Å². The van der Waals surface area contributed by atoms with E-state index >= 15 is 0 Å². The fraction of sp³-hybridized carbons (Fsp3) is 0.370. The average Bonchev–Trinajstić information content (AvgIpc) is 3.78. The van der Waals surface area contributed by atoms with Gasteiger partial charge in [0.1, 0.15) is 6.61 Å². The zero-order valence-corrected chi connectivity index (χ0v) is 34.7. The molecule has 0 radical (unpaired) electrons. The van der Waals surface area contributed by atoms with Crippen molar-refractivity contribution in [1.29, 1.82) is 0 Å². The molecule has 2 amide bonds. The summed E-state index contributed by atoms with van der Waals surface area (Å²) < 4.78 is 108. The third-order valence-corrected chi connectivity index (χ3v) is 6.05. The number of hydrogen-bond acceptors (Lipinski definition) is 11. The monoisotopic (exact) mass is 808 g/mol. The Kier molecular flexibility index (Phi) is 24.5. The minimum Gasteiger partial charge on any atom is -1.00 e. The SMILES string of the molecule is CO.O=CO[O-].[C-]#[N+]c1ccc(NC(=O)C(C)(O)COS(C)(=O)=O)cc1C(F)(F)F.[C-]#[N+]c1ccc(NC(=O)C2(C)CO2)cc1C(F)(F)F.[H-].[K+].[K+]. The van der Waals surface area contributed by atoms with Gasteiger partial charge in [-0.2, -0.15) is 34.8 Å². The van der Waals surface area contributed by atoms with Crippen molar-refractivity contribution in [2.45, 2.75) is 37.4 Å². The summed E-state index contributed by atoms with van der Waals surface area (Å²) in [5, 5.41) is 29.7. The van der Waals surface area contributed by atoms with Crippen LogP contribution < -0.4 is 119 Å². The average molecular weight is 809 g/mol. The summed E-state index contributed by atoms with van der Waals surface area (Å²) in [6.07, 6.45) is -8.73. The van der Waals surface area contributed by atoms with Crippen LogP contribution in [0.2, 0.25) is 0 Å². The summed E-state index contributed by atoms with van der Waals surface area (Å²) in [5.74, 6) is -1.67. The fourth-order valence-electron chi connectivity index (χ4n) is 2.93. The summed E-state index contributed by atoms with van der Waals surface area (Å²) in [7, 11) is -2.92. The molecule has 24 heteroatoms. The zero-order valence-electron chi connectivity index (χ0n) is 28.6. The minimum atomic E-state index is -4.80. The summed E-state index contributed by atoms with van der Waals surface area (Å²) in [4.78, 5) is 40.3. The van der Waals surface area contributed by atoms with Crippen LogP contribution >= 0.6 is 0 Å². The second-order valence-electron chi connectivity index (χ2n) is 9.54. The number of aliphatic hydroxyl groups excluding tert-OH is 1. The largest absolute Gasteiger partial charge is 1.00 e. The van der Waals surface area contributed by atoms with Crippen molar-refractivity contribution in [2.75, 3.05) is 37.2 Å². The number of aliphatic hydroxyl groups is 2. The predicted octanol–water partition coefficient (Wildman–Crippen LogP) is -2.93. The third-order valence-electron chi connectivity index (χ3n) is 5.50. The van der Waals surface area contributed by atoms with E-state index in [0.29, 0.717) is 12.3 Å². The first-order valence-electron chi connectivity index (χ1n) is 12.6. The molecule has 2 aromatic rings. The van der Waals surface area contributed by atoms with Crippen molar-refractivity contribution in [3.63, 3.8) is 0 Å². The number of nitrogens with zero attached hydrogens (tertiary/aromatic N) is 2. The quantitative estimate of drug-likeness (QED) is 0.0310. The summed E-state index contributed by atoms with van der Waals surface area (Å²) in [5.41, 5.74) is -7.06. The van der Waals surface area contributed by atoms with Gasteiger partial charge in [-0.3, -0.25) is 18.6 Å². The minimum absolute atomic E-state index is 0. The van der Waals surface area contributed by atoms with Crippen LogP contribution in [0.1, 0.15) is 26.4 Å². The van der Waals surface area contributed by atoms with Gasteiger partial charge in [0.05, 0.1) is 37.1 Å². The van der Waals surface area contributed by atoms with Crippen molar-refractivity contribution in [3.05, 3.63) is 70.4 Å². The molecule has 3 rings (SSSR count). The molecule has 1 aliphatic rings. The molecule has 1 fully saturated rings. The second-order valence-corrected chi connectivity index (χ2v) is 11.2. The number of hydrogen-bond donors (Lipinski definition) is 4. The van der Waals surface area contributed by atoms with Gasteiger partial charge in [-0.25, -0.2) is 9.69 Å². The second kappa shape index (κ2) is 23.3. The summed E-state index contributed by atoms with van der Waals surface area (Å²) in [6, 6.07) is 5.49. The van der Waals surface area contributed by atoms with Gasteiger partial charge in [0.2, 0.25) is 0 Å². The van der Waals surface area contributed by atoms with Gasteiger partial charge < -0.3 is 37.2 Å². The molecule has 0 bridgehead atoms. The molecular formula is C27H28F6K2N4O11S. The first kappa shape index (κ1) is 53.8. The number of anilines is 2. The van der Waals surface area contributed by atoms with E-state index in [9.17, 15) is 49.5 Å². The Morgan fingerprint density at radius 2 is 1.37 bits per heavy atom. The van der Waals surface area contributed by atoms with E-state index in [1.807, 2.05) is 5.32 Å². The van der Waals surface area contributed by atoms with Crippen LogP contribution in [0.5, 0.6) is 0 Å². The maximum absolute atomic E-state index is 12.8. The third kappa shape index (κ3) is 19.4. The van der Waals surface area contributed by atoms with E-state index in [4.69, 9.17) is 33.0 Å². The van der Waals surface area contributed by atoms with Crippen LogP contribution in [0.4, 0.5) is 49.1 Å². The Labute approximate surface area is 374 Å². The molecule has 2 unspecified atom stereocenters. The van der Waals surface area contributed by atoms with Crippen LogP contribution in [0, 0.1) is 13.1 Å². The Bertz CT molecular complexity index is 1680. The Balaban J connectivity index is -0.000000371. The molecule has 0 aliphatic carbocycles. The summed E-state index contributed by atoms with van der Waals surface area (Å²) >= 11 is 0. The van der Waals surface area contributed by atoms with Gasteiger partial charge in [0, 0.05) is 18.5 Å². The normalized spacial score (nSPS) is 15.4. The predicted molar refractivity (Wildman–Crippen MR) is 155 cm³/mol. The number of benzene rings is 2. The number of rotatable bonds is 8. The first-order valence-corrected chi connectivity index (χ1v) is 14.4. The number of alkyl halides is 6. The number of halogens is 6. The molecular weight excluding hydrogens is 781 g/mol. The molecule has 4 N–H and O–H groups in total. The molecule has 0 saturated carbocycles. The van der Waals surface area contributed by atoms with Crippen molar-refractivity contribution < 1.29 is 183 Å². The molecule has 2 aromatic carbocycles. The van der Waals surface area contributed by atoms with Gasteiger partial charge in [-0.1, -0.05) is 12.1 Å². The molecule has 0 spiro atoms. The maximum Gasteiger partial charge on any atom is 1.00 e. The topological polar surface area (TPSA) is 213 Å². The molecule has 51 heavy (non-hydrogen) atoms.